The number of allylic oxidation sites excluding steroid dienone is 4. The van der Waals surface area contributed by atoms with E-state index in [4.69, 9.17) is 4.42 Å². The molecule has 0 spiro atoms. The van der Waals surface area contributed by atoms with E-state index in [2.05, 4.69) is 207 Å². The number of benzene rings is 9. The van der Waals surface area contributed by atoms with Crippen molar-refractivity contribution in [3.63, 3.8) is 0 Å². The van der Waals surface area contributed by atoms with Gasteiger partial charge in [-0.25, -0.2) is 0 Å². The Morgan fingerprint density at radius 2 is 1.22 bits per heavy atom. The summed E-state index contributed by atoms with van der Waals surface area (Å²) in [7, 11) is 0. The smallest absolute Gasteiger partial charge is 0.143 e. The molecule has 0 atom stereocenters. The maximum Gasteiger partial charge on any atom is 0.143 e. The van der Waals surface area contributed by atoms with E-state index in [1.807, 2.05) is 0 Å². The molecule has 0 radical (unpaired) electrons. The second kappa shape index (κ2) is 12.9. The molecule has 0 saturated heterocycles. The van der Waals surface area contributed by atoms with Crippen LogP contribution in [0.15, 0.2) is 198 Å². The molecule has 0 saturated carbocycles. The van der Waals surface area contributed by atoms with Gasteiger partial charge in [0.2, 0.25) is 0 Å². The molecule has 1 heterocycles. The third-order valence-electron chi connectivity index (χ3n) is 13.1. The van der Waals surface area contributed by atoms with Gasteiger partial charge in [-0.3, -0.25) is 0 Å². The second-order valence-corrected chi connectivity index (χ2v) is 16.7. The van der Waals surface area contributed by atoms with Gasteiger partial charge in [0, 0.05) is 38.5 Å². The molecule has 0 fully saturated rings. The molecule has 2 nitrogen and oxygen atoms in total. The molecule has 59 heavy (non-hydrogen) atoms. The summed E-state index contributed by atoms with van der Waals surface area (Å²) in [6, 6.07) is 64.8. The van der Waals surface area contributed by atoms with Gasteiger partial charge >= 0.3 is 0 Å². The van der Waals surface area contributed by atoms with Crippen LogP contribution in [0.2, 0.25) is 0 Å². The SMILES string of the molecule is CC1(C)c2ccccc2-c2cccc(N(C3=C(c4ccc5oc6c7ccccc7ccc6c5c4)C=CCC3)c3ccc(-c4cc5ccccc5c5ccccc45)cc3)c21. The predicted octanol–water partition coefficient (Wildman–Crippen LogP) is 15.9. The van der Waals surface area contributed by atoms with Crippen molar-refractivity contribution in [2.24, 2.45) is 0 Å². The van der Waals surface area contributed by atoms with Crippen molar-refractivity contribution in [2.75, 3.05) is 4.90 Å². The van der Waals surface area contributed by atoms with E-state index >= 15 is 0 Å². The van der Waals surface area contributed by atoms with E-state index < -0.39 is 0 Å². The maximum atomic E-state index is 6.58. The van der Waals surface area contributed by atoms with Crippen LogP contribution in [0.1, 0.15) is 43.4 Å². The minimum Gasteiger partial charge on any atom is -0.455 e. The van der Waals surface area contributed by atoms with Gasteiger partial charge in [0.15, 0.2) is 0 Å². The van der Waals surface area contributed by atoms with E-state index in [1.54, 1.807) is 0 Å². The summed E-state index contributed by atoms with van der Waals surface area (Å²) < 4.78 is 6.58. The number of nitrogens with zero attached hydrogens (tertiary/aromatic N) is 1. The van der Waals surface area contributed by atoms with E-state index in [1.165, 1.54) is 82.8 Å². The van der Waals surface area contributed by atoms with Gasteiger partial charge in [0.1, 0.15) is 11.2 Å². The molecular weight excluding hydrogens is 715 g/mol. The predicted molar refractivity (Wildman–Crippen MR) is 250 cm³/mol. The highest BCUT2D eigenvalue weighted by molar-refractivity contribution is 6.16. The van der Waals surface area contributed by atoms with Crippen LogP contribution in [0.25, 0.3) is 82.1 Å². The molecular formula is C57H41NO. The number of rotatable bonds is 5. The molecule has 0 N–H and O–H groups in total. The number of hydrogen-bond donors (Lipinski definition) is 0. The molecule has 280 valence electrons. The van der Waals surface area contributed by atoms with E-state index in [9.17, 15) is 0 Å². The zero-order valence-electron chi connectivity index (χ0n) is 33.2. The van der Waals surface area contributed by atoms with Crippen molar-refractivity contribution in [1.29, 1.82) is 0 Å². The van der Waals surface area contributed by atoms with E-state index in [0.29, 0.717) is 0 Å². The highest BCUT2D eigenvalue weighted by atomic mass is 16.3. The first kappa shape index (κ1) is 33.9. The van der Waals surface area contributed by atoms with Crippen molar-refractivity contribution in [3.8, 4) is 22.3 Å². The Kier molecular flexibility index (Phi) is 7.43. The van der Waals surface area contributed by atoms with Crippen LogP contribution in [0, 0.1) is 0 Å². The molecule has 0 unspecified atom stereocenters. The molecule has 0 aliphatic heterocycles. The van der Waals surface area contributed by atoms with Gasteiger partial charge in [-0.15, -0.1) is 0 Å². The lowest BCUT2D eigenvalue weighted by Gasteiger charge is -2.35. The maximum absolute atomic E-state index is 6.58. The molecule has 2 aliphatic carbocycles. The summed E-state index contributed by atoms with van der Waals surface area (Å²) in [5.74, 6) is 0. The molecule has 1 aromatic heterocycles. The zero-order chi connectivity index (χ0) is 39.2. The standard InChI is InChI=1S/C57H41NO/c1-57(2)51-23-11-9-21-46(51)47-22-13-25-53(55(47)57)58(40-30-26-37(27-31-40)49-34-38-15-4-5-16-41(38)44-19-7-8-20-45(44)49)52-24-12-10-17-42(52)39-29-33-54-50(35-39)48-32-28-36-14-3-6-18-43(36)56(48)59-54/h3-11,13-23,25-35H,12,24H2,1-2H3. The quantitative estimate of drug-likeness (QED) is 0.163. The number of fused-ring (bicyclic) bond motifs is 11. The largest absolute Gasteiger partial charge is 0.455 e. The van der Waals surface area contributed by atoms with Gasteiger partial charge in [0.05, 0.1) is 5.69 Å². The van der Waals surface area contributed by atoms with Crippen molar-refractivity contribution in [3.05, 3.63) is 210 Å². The lowest BCUT2D eigenvalue weighted by Crippen LogP contribution is -2.24. The summed E-state index contributed by atoms with van der Waals surface area (Å²) in [4.78, 5) is 2.58. The Balaban J connectivity index is 1.07. The fourth-order valence-corrected chi connectivity index (χ4v) is 10.3. The second-order valence-electron chi connectivity index (χ2n) is 16.7. The molecule has 0 amide bonds. The number of anilines is 2. The van der Waals surface area contributed by atoms with Crippen molar-refractivity contribution in [1.82, 2.24) is 0 Å². The summed E-state index contributed by atoms with van der Waals surface area (Å²) in [5, 5.41) is 9.73. The Hall–Kier alpha value is -7.16. The van der Waals surface area contributed by atoms with Crippen molar-refractivity contribution in [2.45, 2.75) is 32.1 Å². The normalized spacial score (nSPS) is 14.5. The fourth-order valence-electron chi connectivity index (χ4n) is 10.3. The van der Waals surface area contributed by atoms with Crippen molar-refractivity contribution >= 4 is 71.2 Å². The Labute approximate surface area is 344 Å². The van der Waals surface area contributed by atoms with Gasteiger partial charge in [0.25, 0.3) is 0 Å². The highest BCUT2D eigenvalue weighted by Crippen LogP contribution is 2.54. The summed E-state index contributed by atoms with van der Waals surface area (Å²) in [6.45, 7) is 4.79. The summed E-state index contributed by atoms with van der Waals surface area (Å²) in [5.41, 5.74) is 15.7. The average Bonchev–Trinajstić information content (AvgIpc) is 3.79. The van der Waals surface area contributed by atoms with Crippen LogP contribution < -0.4 is 4.90 Å². The van der Waals surface area contributed by atoms with Crippen LogP contribution in [0.5, 0.6) is 0 Å². The Bertz CT molecular complexity index is 3410. The third kappa shape index (κ3) is 5.12. The first-order valence-electron chi connectivity index (χ1n) is 20.8. The average molecular weight is 756 g/mol. The van der Waals surface area contributed by atoms with Crippen LogP contribution in [0.4, 0.5) is 11.4 Å². The first-order valence-corrected chi connectivity index (χ1v) is 20.8. The first-order chi connectivity index (χ1) is 29.0. The van der Waals surface area contributed by atoms with Gasteiger partial charge in [-0.2, -0.15) is 0 Å². The molecule has 9 aromatic carbocycles. The van der Waals surface area contributed by atoms with Crippen LogP contribution in [-0.4, -0.2) is 0 Å². The Morgan fingerprint density at radius 1 is 0.508 bits per heavy atom. The minimum absolute atomic E-state index is 0.187. The van der Waals surface area contributed by atoms with Crippen molar-refractivity contribution < 1.29 is 4.42 Å². The van der Waals surface area contributed by atoms with Gasteiger partial charge in [-0.1, -0.05) is 159 Å². The van der Waals surface area contributed by atoms with Gasteiger partial charge < -0.3 is 9.32 Å². The monoisotopic (exact) mass is 755 g/mol. The zero-order valence-corrected chi connectivity index (χ0v) is 33.2. The van der Waals surface area contributed by atoms with E-state index in [0.717, 1.165) is 45.9 Å². The fraction of sp³-hybridized carbons (Fsp3) is 0.0877. The van der Waals surface area contributed by atoms with Crippen LogP contribution >= 0.6 is 0 Å². The molecule has 10 aromatic rings. The van der Waals surface area contributed by atoms with E-state index in [-0.39, 0.29) is 5.41 Å². The number of furan rings is 1. The van der Waals surface area contributed by atoms with Gasteiger partial charge in [-0.05, 0) is 121 Å². The van der Waals surface area contributed by atoms with Crippen LogP contribution in [-0.2, 0) is 5.41 Å². The van der Waals surface area contributed by atoms with Crippen LogP contribution in [0.3, 0.4) is 0 Å². The summed E-state index contributed by atoms with van der Waals surface area (Å²) in [6.07, 6.45) is 6.57. The lowest BCUT2D eigenvalue weighted by atomic mass is 9.81. The third-order valence-corrected chi connectivity index (χ3v) is 13.1. The molecule has 12 rings (SSSR count). The topological polar surface area (TPSA) is 16.4 Å². The Morgan fingerprint density at radius 3 is 2.08 bits per heavy atom. The lowest BCUT2D eigenvalue weighted by molar-refractivity contribution is 0.659. The molecule has 0 bridgehead atoms. The number of hydrogen-bond acceptors (Lipinski definition) is 2. The minimum atomic E-state index is -0.187. The molecule has 2 aliphatic rings. The molecule has 2 heteroatoms. The summed E-state index contributed by atoms with van der Waals surface area (Å²) >= 11 is 0. The highest BCUT2D eigenvalue weighted by Gasteiger charge is 2.39.